The van der Waals surface area contributed by atoms with Gasteiger partial charge < -0.3 is 21.5 Å². The number of likely N-dealkylation sites (tertiary alicyclic amines) is 1. The maximum atomic E-state index is 12.1. The lowest BCUT2D eigenvalue weighted by Crippen LogP contribution is -2.43. The van der Waals surface area contributed by atoms with E-state index in [1.165, 1.54) is 29.2 Å². The molecular formula is C14H17N3O3. The predicted molar refractivity (Wildman–Crippen MR) is 75.5 cm³/mol. The average molecular weight is 275 g/mol. The summed E-state index contributed by atoms with van der Waals surface area (Å²) in [5.74, 6) is -0.697. The average Bonchev–Trinajstić information content (AvgIpc) is 2.89. The number of carbonyl (C=O) groups excluding carboxylic acids is 2. The summed E-state index contributed by atoms with van der Waals surface area (Å²) < 4.78 is 0. The number of rotatable bonds is 3. The van der Waals surface area contributed by atoms with Gasteiger partial charge in [0.1, 0.15) is 11.8 Å². The van der Waals surface area contributed by atoms with Crippen LogP contribution in [0, 0.1) is 0 Å². The highest BCUT2D eigenvalue weighted by molar-refractivity contribution is 5.96. The fourth-order valence-electron chi connectivity index (χ4n) is 2.29. The third-order valence-corrected chi connectivity index (χ3v) is 3.34. The zero-order valence-corrected chi connectivity index (χ0v) is 11.0. The molecule has 5 N–H and O–H groups in total. The lowest BCUT2D eigenvalue weighted by molar-refractivity contribution is -0.133. The molecule has 0 radical (unpaired) electrons. The fraction of sp³-hybridized carbons (Fsp3) is 0.286. The Balaban J connectivity index is 2.13. The predicted octanol–water partition coefficient (Wildman–Crippen LogP) is 0.464. The van der Waals surface area contributed by atoms with Crippen LogP contribution in [-0.4, -0.2) is 34.4 Å². The number of nitrogen functional groups attached to an aromatic ring is 1. The van der Waals surface area contributed by atoms with E-state index in [4.69, 9.17) is 11.5 Å². The number of aromatic hydroxyl groups is 1. The van der Waals surface area contributed by atoms with Gasteiger partial charge in [-0.2, -0.15) is 0 Å². The number of anilines is 1. The molecule has 1 saturated heterocycles. The van der Waals surface area contributed by atoms with Crippen molar-refractivity contribution in [3.8, 4) is 5.75 Å². The minimum atomic E-state index is -0.534. The largest absolute Gasteiger partial charge is 0.508 e. The third kappa shape index (κ3) is 2.90. The molecule has 1 aromatic carbocycles. The van der Waals surface area contributed by atoms with Crippen molar-refractivity contribution in [2.75, 3.05) is 12.3 Å². The molecule has 1 aliphatic rings. The van der Waals surface area contributed by atoms with Crippen molar-refractivity contribution in [2.24, 2.45) is 5.73 Å². The van der Waals surface area contributed by atoms with Crippen molar-refractivity contribution in [2.45, 2.75) is 18.9 Å². The van der Waals surface area contributed by atoms with Crippen molar-refractivity contribution in [1.29, 1.82) is 0 Å². The highest BCUT2D eigenvalue weighted by Crippen LogP contribution is 2.21. The number of carbonyl (C=O) groups is 2. The summed E-state index contributed by atoms with van der Waals surface area (Å²) in [5.41, 5.74) is 12.0. The van der Waals surface area contributed by atoms with Gasteiger partial charge >= 0.3 is 0 Å². The minimum Gasteiger partial charge on any atom is -0.508 e. The van der Waals surface area contributed by atoms with Gasteiger partial charge in [0.05, 0.1) is 0 Å². The van der Waals surface area contributed by atoms with Gasteiger partial charge in [-0.3, -0.25) is 9.59 Å². The summed E-state index contributed by atoms with van der Waals surface area (Å²) in [6.07, 6.45) is 4.23. The number of nitrogens with zero attached hydrogens (tertiary/aromatic N) is 1. The van der Waals surface area contributed by atoms with Crippen LogP contribution in [0.15, 0.2) is 24.3 Å². The first-order valence-electron chi connectivity index (χ1n) is 6.35. The van der Waals surface area contributed by atoms with E-state index in [9.17, 15) is 14.7 Å². The van der Waals surface area contributed by atoms with Gasteiger partial charge in [-0.05, 0) is 37.1 Å². The molecular weight excluding hydrogens is 258 g/mol. The monoisotopic (exact) mass is 275 g/mol. The molecule has 2 rings (SSSR count). The Morgan fingerprint density at radius 3 is 2.85 bits per heavy atom. The topological polar surface area (TPSA) is 110 Å². The standard InChI is InChI=1S/C14H17N3O3/c15-11-5-4-10(18)8-9(11)3-6-13(19)17-7-1-2-12(17)14(16)20/h3-6,8,12,18H,1-2,7,15H2,(H2,16,20). The molecule has 1 aromatic rings. The van der Waals surface area contributed by atoms with Crippen LogP contribution >= 0.6 is 0 Å². The van der Waals surface area contributed by atoms with E-state index in [0.29, 0.717) is 24.2 Å². The molecule has 1 atom stereocenters. The summed E-state index contributed by atoms with van der Waals surface area (Å²) in [7, 11) is 0. The van der Waals surface area contributed by atoms with Crippen LogP contribution in [0.1, 0.15) is 18.4 Å². The van der Waals surface area contributed by atoms with Gasteiger partial charge in [0.25, 0.3) is 0 Å². The molecule has 0 bridgehead atoms. The lowest BCUT2D eigenvalue weighted by Gasteiger charge is -2.20. The first-order chi connectivity index (χ1) is 9.49. The van der Waals surface area contributed by atoms with E-state index in [2.05, 4.69) is 0 Å². The molecule has 2 amide bonds. The highest BCUT2D eigenvalue weighted by Gasteiger charge is 2.31. The van der Waals surface area contributed by atoms with E-state index in [0.717, 1.165) is 6.42 Å². The van der Waals surface area contributed by atoms with Crippen LogP contribution in [0.4, 0.5) is 5.69 Å². The van der Waals surface area contributed by atoms with Crippen molar-refractivity contribution in [3.63, 3.8) is 0 Å². The summed E-state index contributed by atoms with van der Waals surface area (Å²) in [6.45, 7) is 0.520. The third-order valence-electron chi connectivity index (χ3n) is 3.34. The second-order valence-corrected chi connectivity index (χ2v) is 4.74. The highest BCUT2D eigenvalue weighted by atomic mass is 16.3. The number of primary amides is 1. The van der Waals surface area contributed by atoms with E-state index in [-0.39, 0.29) is 11.7 Å². The van der Waals surface area contributed by atoms with E-state index in [1.807, 2.05) is 0 Å². The second-order valence-electron chi connectivity index (χ2n) is 4.74. The molecule has 1 aliphatic heterocycles. The zero-order chi connectivity index (χ0) is 14.7. The summed E-state index contributed by atoms with van der Waals surface area (Å²) >= 11 is 0. The zero-order valence-electron chi connectivity index (χ0n) is 11.0. The van der Waals surface area contributed by atoms with Gasteiger partial charge in [-0.25, -0.2) is 0 Å². The lowest BCUT2D eigenvalue weighted by atomic mass is 10.1. The quantitative estimate of drug-likeness (QED) is 0.423. The fourth-order valence-corrected chi connectivity index (χ4v) is 2.29. The molecule has 0 aromatic heterocycles. The molecule has 6 heteroatoms. The molecule has 106 valence electrons. The summed E-state index contributed by atoms with van der Waals surface area (Å²) in [6, 6.07) is 3.96. The number of hydrogen-bond donors (Lipinski definition) is 3. The van der Waals surface area contributed by atoms with Crippen LogP contribution in [-0.2, 0) is 9.59 Å². The van der Waals surface area contributed by atoms with Gasteiger partial charge in [0, 0.05) is 23.9 Å². The van der Waals surface area contributed by atoms with Crippen molar-refractivity contribution < 1.29 is 14.7 Å². The molecule has 0 saturated carbocycles. The molecule has 1 fully saturated rings. The number of amides is 2. The van der Waals surface area contributed by atoms with Crippen molar-refractivity contribution >= 4 is 23.6 Å². The number of benzene rings is 1. The maximum Gasteiger partial charge on any atom is 0.247 e. The first kappa shape index (κ1) is 13.9. The van der Waals surface area contributed by atoms with Crippen LogP contribution in [0.25, 0.3) is 6.08 Å². The maximum absolute atomic E-state index is 12.1. The van der Waals surface area contributed by atoms with Gasteiger partial charge in [-0.1, -0.05) is 0 Å². The molecule has 0 spiro atoms. The molecule has 20 heavy (non-hydrogen) atoms. The van der Waals surface area contributed by atoms with Crippen LogP contribution in [0.2, 0.25) is 0 Å². The van der Waals surface area contributed by atoms with Gasteiger partial charge in [0.15, 0.2) is 0 Å². The Labute approximate surface area is 116 Å². The normalized spacial score (nSPS) is 18.6. The molecule has 1 heterocycles. The first-order valence-corrected chi connectivity index (χ1v) is 6.35. The van der Waals surface area contributed by atoms with Crippen LogP contribution in [0.3, 0.4) is 0 Å². The van der Waals surface area contributed by atoms with Gasteiger partial charge in [-0.15, -0.1) is 0 Å². The SMILES string of the molecule is NC(=O)C1CCCN1C(=O)C=Cc1cc(O)ccc1N. The smallest absolute Gasteiger partial charge is 0.247 e. The molecule has 6 nitrogen and oxygen atoms in total. The second kappa shape index (κ2) is 5.64. The molecule has 0 aliphatic carbocycles. The van der Waals surface area contributed by atoms with Crippen molar-refractivity contribution in [3.05, 3.63) is 29.8 Å². The van der Waals surface area contributed by atoms with Crippen molar-refractivity contribution in [1.82, 2.24) is 4.90 Å². The van der Waals surface area contributed by atoms with Crippen LogP contribution in [0.5, 0.6) is 5.75 Å². The Hall–Kier alpha value is -2.50. The van der Waals surface area contributed by atoms with E-state index in [1.54, 1.807) is 6.07 Å². The number of hydrogen-bond acceptors (Lipinski definition) is 4. The van der Waals surface area contributed by atoms with E-state index < -0.39 is 11.9 Å². The number of phenols is 1. The summed E-state index contributed by atoms with van der Waals surface area (Å²) in [5, 5.41) is 9.38. The number of nitrogens with two attached hydrogens (primary N) is 2. The Kier molecular flexibility index (Phi) is 3.93. The molecule has 1 unspecified atom stereocenters. The minimum absolute atomic E-state index is 0.0717. The Bertz CT molecular complexity index is 569. The number of phenolic OH excluding ortho intramolecular Hbond substituents is 1. The van der Waals surface area contributed by atoms with Gasteiger partial charge in [0.2, 0.25) is 11.8 Å². The summed E-state index contributed by atoms with van der Waals surface area (Å²) in [4.78, 5) is 24.8. The van der Waals surface area contributed by atoms with Crippen LogP contribution < -0.4 is 11.5 Å². The van der Waals surface area contributed by atoms with E-state index >= 15 is 0 Å². The Morgan fingerprint density at radius 2 is 2.15 bits per heavy atom. The Morgan fingerprint density at radius 1 is 1.40 bits per heavy atom.